The Morgan fingerprint density at radius 1 is 1.40 bits per heavy atom. The minimum atomic E-state index is -0.0973. The first-order chi connectivity index (χ1) is 4.68. The van der Waals surface area contributed by atoms with E-state index in [4.69, 9.17) is 5.11 Å². The lowest BCUT2D eigenvalue weighted by atomic mass is 10.2. The van der Waals surface area contributed by atoms with Crippen molar-refractivity contribution in [3.63, 3.8) is 0 Å². The van der Waals surface area contributed by atoms with E-state index in [0.29, 0.717) is 0 Å². The molecular weight excluding hydrogens is 128 g/mol. The molecule has 0 aliphatic rings. The first kappa shape index (κ1) is 12.6. The van der Waals surface area contributed by atoms with E-state index in [0.717, 1.165) is 12.8 Å². The van der Waals surface area contributed by atoms with Crippen LogP contribution in [0.2, 0.25) is 0 Å². The fourth-order valence-electron chi connectivity index (χ4n) is 0.500. The van der Waals surface area contributed by atoms with Gasteiger partial charge in [0.2, 0.25) is 0 Å². The Labute approximate surface area is 64.2 Å². The number of ether oxygens (including phenoxy) is 1. The van der Waals surface area contributed by atoms with Crippen molar-refractivity contribution in [3.8, 4) is 0 Å². The van der Waals surface area contributed by atoms with Crippen molar-refractivity contribution in [2.24, 2.45) is 0 Å². The number of hydrogen-bond acceptors (Lipinski definition) is 2. The number of aliphatic hydroxyl groups excluding tert-OH is 1. The molecule has 1 atom stereocenters. The molecular formula is C8H20O2. The molecule has 0 aromatic heterocycles. The minimum absolute atomic E-state index is 0.0973. The highest BCUT2D eigenvalue weighted by molar-refractivity contribution is 4.43. The molecule has 0 radical (unpaired) electrons. The van der Waals surface area contributed by atoms with Gasteiger partial charge in [-0.25, -0.2) is 0 Å². The highest BCUT2D eigenvalue weighted by atomic mass is 16.4. The highest BCUT2D eigenvalue weighted by Crippen LogP contribution is 1.97. The van der Waals surface area contributed by atoms with Gasteiger partial charge in [-0.1, -0.05) is 19.8 Å². The molecule has 10 heavy (non-hydrogen) atoms. The van der Waals surface area contributed by atoms with Crippen molar-refractivity contribution >= 4 is 0 Å². The number of rotatable bonds is 3. The second kappa shape index (κ2) is 11.7. The molecule has 0 saturated carbocycles. The Morgan fingerprint density at radius 2 is 1.80 bits per heavy atom. The zero-order valence-corrected chi connectivity index (χ0v) is 7.55. The molecule has 64 valence electrons. The predicted molar refractivity (Wildman–Crippen MR) is 44.1 cm³/mol. The Balaban J connectivity index is 0. The van der Waals surface area contributed by atoms with Crippen molar-refractivity contribution in [1.29, 1.82) is 0 Å². The van der Waals surface area contributed by atoms with E-state index >= 15 is 0 Å². The van der Waals surface area contributed by atoms with Crippen LogP contribution in [0.4, 0.5) is 0 Å². The van der Waals surface area contributed by atoms with Gasteiger partial charge in [-0.3, -0.25) is 0 Å². The van der Waals surface area contributed by atoms with Crippen LogP contribution in [0.5, 0.6) is 0 Å². The Bertz CT molecular complexity index is 44.5. The van der Waals surface area contributed by atoms with Crippen LogP contribution in [0.25, 0.3) is 0 Å². The van der Waals surface area contributed by atoms with Crippen molar-refractivity contribution in [2.45, 2.75) is 39.2 Å². The molecule has 0 saturated heterocycles. The van der Waals surface area contributed by atoms with Gasteiger partial charge in [0.05, 0.1) is 6.10 Å². The highest BCUT2D eigenvalue weighted by Gasteiger charge is 1.90. The standard InChI is InChI=1S/C6H14O.C2H6O/c1-3-4-5-6(2)7;1-3-2/h6-7H,3-5H2,1-2H3;1-2H3. The molecule has 0 amide bonds. The molecule has 0 bridgehead atoms. The van der Waals surface area contributed by atoms with Gasteiger partial charge in [0.25, 0.3) is 0 Å². The Kier molecular flexibility index (Phi) is 14.7. The van der Waals surface area contributed by atoms with Gasteiger partial charge in [0.15, 0.2) is 0 Å². The van der Waals surface area contributed by atoms with Gasteiger partial charge in [-0.15, -0.1) is 0 Å². The average molecular weight is 148 g/mol. The normalized spacial score (nSPS) is 11.7. The molecule has 0 spiro atoms. The Hall–Kier alpha value is -0.0800. The summed E-state index contributed by atoms with van der Waals surface area (Å²) >= 11 is 0. The third kappa shape index (κ3) is 24.7. The van der Waals surface area contributed by atoms with E-state index in [1.807, 2.05) is 6.92 Å². The fraction of sp³-hybridized carbons (Fsp3) is 1.00. The molecule has 0 aliphatic carbocycles. The lowest BCUT2D eigenvalue weighted by Gasteiger charge is -1.98. The maximum Gasteiger partial charge on any atom is 0.0512 e. The quantitative estimate of drug-likeness (QED) is 0.661. The molecule has 2 nitrogen and oxygen atoms in total. The number of aliphatic hydroxyl groups is 1. The molecule has 0 heterocycles. The summed E-state index contributed by atoms with van der Waals surface area (Å²) in [6.45, 7) is 3.96. The van der Waals surface area contributed by atoms with Gasteiger partial charge < -0.3 is 9.84 Å². The molecule has 1 unspecified atom stereocenters. The number of hydrogen-bond donors (Lipinski definition) is 1. The van der Waals surface area contributed by atoms with Crippen molar-refractivity contribution in [3.05, 3.63) is 0 Å². The first-order valence-electron chi connectivity index (χ1n) is 3.77. The van der Waals surface area contributed by atoms with Crippen molar-refractivity contribution < 1.29 is 9.84 Å². The van der Waals surface area contributed by atoms with E-state index in [1.165, 1.54) is 6.42 Å². The van der Waals surface area contributed by atoms with Gasteiger partial charge in [-0.05, 0) is 13.3 Å². The maximum absolute atomic E-state index is 8.68. The van der Waals surface area contributed by atoms with Crippen LogP contribution in [0, 0.1) is 0 Å². The van der Waals surface area contributed by atoms with Crippen LogP contribution < -0.4 is 0 Å². The molecule has 2 heteroatoms. The smallest absolute Gasteiger partial charge is 0.0512 e. The monoisotopic (exact) mass is 148 g/mol. The van der Waals surface area contributed by atoms with Gasteiger partial charge in [0.1, 0.15) is 0 Å². The van der Waals surface area contributed by atoms with Crippen molar-refractivity contribution in [1.82, 2.24) is 0 Å². The van der Waals surface area contributed by atoms with Crippen LogP contribution in [0.1, 0.15) is 33.1 Å². The summed E-state index contributed by atoms with van der Waals surface area (Å²) in [5, 5.41) is 8.68. The molecule has 1 N–H and O–H groups in total. The SMILES string of the molecule is CCCCC(C)O.COC. The zero-order chi connectivity index (χ0) is 8.41. The minimum Gasteiger partial charge on any atom is -0.393 e. The fourth-order valence-corrected chi connectivity index (χ4v) is 0.500. The topological polar surface area (TPSA) is 29.5 Å². The average Bonchev–Trinajstić information content (AvgIpc) is 1.85. The zero-order valence-electron chi connectivity index (χ0n) is 7.55. The third-order valence-electron chi connectivity index (χ3n) is 0.975. The van der Waals surface area contributed by atoms with Crippen LogP contribution in [-0.2, 0) is 4.74 Å². The lowest BCUT2D eigenvalue weighted by Crippen LogP contribution is -1.97. The van der Waals surface area contributed by atoms with E-state index in [1.54, 1.807) is 14.2 Å². The van der Waals surface area contributed by atoms with E-state index in [2.05, 4.69) is 11.7 Å². The molecule has 0 aromatic carbocycles. The summed E-state index contributed by atoms with van der Waals surface area (Å²) in [6.07, 6.45) is 3.19. The van der Waals surface area contributed by atoms with Crippen LogP contribution >= 0.6 is 0 Å². The summed E-state index contributed by atoms with van der Waals surface area (Å²) < 4.78 is 4.25. The maximum atomic E-state index is 8.68. The molecule has 0 rings (SSSR count). The van der Waals surface area contributed by atoms with Gasteiger partial charge >= 0.3 is 0 Å². The van der Waals surface area contributed by atoms with E-state index in [-0.39, 0.29) is 6.10 Å². The molecule has 0 fully saturated rings. The summed E-state index contributed by atoms with van der Waals surface area (Å²) in [4.78, 5) is 0. The van der Waals surface area contributed by atoms with Gasteiger partial charge in [-0.2, -0.15) is 0 Å². The molecule has 0 aliphatic heterocycles. The molecule has 0 aromatic rings. The largest absolute Gasteiger partial charge is 0.393 e. The summed E-state index contributed by atoms with van der Waals surface area (Å²) in [5.41, 5.74) is 0. The summed E-state index contributed by atoms with van der Waals surface area (Å²) in [5.74, 6) is 0. The summed E-state index contributed by atoms with van der Waals surface area (Å²) in [6, 6.07) is 0. The van der Waals surface area contributed by atoms with Crippen LogP contribution in [0.15, 0.2) is 0 Å². The summed E-state index contributed by atoms with van der Waals surface area (Å²) in [7, 11) is 3.25. The predicted octanol–water partition coefficient (Wildman–Crippen LogP) is 1.82. The third-order valence-corrected chi connectivity index (χ3v) is 0.975. The first-order valence-corrected chi connectivity index (χ1v) is 3.77. The Morgan fingerprint density at radius 3 is 1.90 bits per heavy atom. The van der Waals surface area contributed by atoms with E-state index in [9.17, 15) is 0 Å². The second-order valence-electron chi connectivity index (χ2n) is 2.40. The van der Waals surface area contributed by atoms with Crippen LogP contribution in [0.3, 0.4) is 0 Å². The van der Waals surface area contributed by atoms with E-state index < -0.39 is 0 Å². The number of methoxy groups -OCH3 is 1. The van der Waals surface area contributed by atoms with Crippen molar-refractivity contribution in [2.75, 3.05) is 14.2 Å². The van der Waals surface area contributed by atoms with Crippen LogP contribution in [-0.4, -0.2) is 25.4 Å². The number of unbranched alkanes of at least 4 members (excludes halogenated alkanes) is 1. The lowest BCUT2D eigenvalue weighted by molar-refractivity contribution is 0.181. The second-order valence-corrected chi connectivity index (χ2v) is 2.40. The van der Waals surface area contributed by atoms with Gasteiger partial charge in [0, 0.05) is 14.2 Å².